The Balaban J connectivity index is 2.56. The van der Waals surface area contributed by atoms with E-state index in [4.69, 9.17) is 16.3 Å². The lowest BCUT2D eigenvalue weighted by Gasteiger charge is -2.24. The summed E-state index contributed by atoms with van der Waals surface area (Å²) in [6.45, 7) is 5.66. The van der Waals surface area contributed by atoms with Crippen LogP contribution < -0.4 is 5.32 Å². The number of carbonyl (C=O) groups excluding carboxylic acids is 2. The summed E-state index contributed by atoms with van der Waals surface area (Å²) in [4.78, 5) is 25.9. The minimum Gasteiger partial charge on any atom is -0.383 e. The highest BCUT2D eigenvalue weighted by Crippen LogP contribution is 2.10. The molecule has 1 aromatic carbocycles. The van der Waals surface area contributed by atoms with Crippen LogP contribution in [0.4, 0.5) is 0 Å². The van der Waals surface area contributed by atoms with Gasteiger partial charge in [-0.05, 0) is 24.1 Å². The van der Waals surface area contributed by atoms with Crippen molar-refractivity contribution >= 4 is 23.4 Å². The molecule has 0 aliphatic heterocycles. The highest BCUT2D eigenvalue weighted by atomic mass is 35.5. The van der Waals surface area contributed by atoms with Crippen molar-refractivity contribution < 1.29 is 14.3 Å². The first kappa shape index (κ1) is 18.5. The maximum atomic E-state index is 12.2. The Morgan fingerprint density at radius 1 is 1.36 bits per heavy atom. The Morgan fingerprint density at radius 3 is 2.68 bits per heavy atom. The van der Waals surface area contributed by atoms with E-state index >= 15 is 0 Å². The molecule has 0 atom stereocenters. The lowest BCUT2D eigenvalue weighted by molar-refractivity contribution is -0.131. The smallest absolute Gasteiger partial charge is 0.251 e. The van der Waals surface area contributed by atoms with Gasteiger partial charge in [0.15, 0.2) is 0 Å². The zero-order valence-corrected chi connectivity index (χ0v) is 14.0. The van der Waals surface area contributed by atoms with Crippen LogP contribution in [0.2, 0.25) is 5.02 Å². The van der Waals surface area contributed by atoms with Crippen LogP contribution in [0.3, 0.4) is 0 Å². The molecule has 5 nitrogen and oxygen atoms in total. The van der Waals surface area contributed by atoms with Gasteiger partial charge in [-0.15, -0.1) is 0 Å². The summed E-state index contributed by atoms with van der Waals surface area (Å²) in [5, 5.41) is 3.11. The molecule has 0 aliphatic carbocycles. The van der Waals surface area contributed by atoms with E-state index in [0.717, 1.165) is 0 Å². The molecule has 0 fully saturated rings. The molecule has 0 bridgehead atoms. The molecule has 0 saturated carbocycles. The molecule has 0 heterocycles. The number of nitrogens with zero attached hydrogens (tertiary/aromatic N) is 1. The summed E-state index contributed by atoms with van der Waals surface area (Å²) in [6, 6.07) is 6.61. The average Bonchev–Trinajstić information content (AvgIpc) is 2.48. The molecule has 22 heavy (non-hydrogen) atoms. The Kier molecular flexibility index (Phi) is 7.91. The molecule has 1 aromatic rings. The van der Waals surface area contributed by atoms with E-state index in [1.165, 1.54) is 0 Å². The van der Waals surface area contributed by atoms with Gasteiger partial charge in [-0.2, -0.15) is 0 Å². The summed E-state index contributed by atoms with van der Waals surface area (Å²) < 4.78 is 5.02. The number of methoxy groups -OCH3 is 1. The van der Waals surface area contributed by atoms with Gasteiger partial charge >= 0.3 is 0 Å². The van der Waals surface area contributed by atoms with Crippen molar-refractivity contribution in [3.8, 4) is 0 Å². The lowest BCUT2D eigenvalue weighted by Crippen LogP contribution is -2.43. The van der Waals surface area contributed by atoms with E-state index in [-0.39, 0.29) is 18.4 Å². The fourth-order valence-corrected chi connectivity index (χ4v) is 2.15. The third-order valence-corrected chi connectivity index (χ3v) is 3.23. The Bertz CT molecular complexity index is 506. The van der Waals surface area contributed by atoms with Gasteiger partial charge in [-0.3, -0.25) is 9.59 Å². The molecule has 122 valence electrons. The predicted octanol–water partition coefficient (Wildman–Crippen LogP) is 2.20. The van der Waals surface area contributed by atoms with Gasteiger partial charge in [0.05, 0.1) is 13.2 Å². The van der Waals surface area contributed by atoms with E-state index in [2.05, 4.69) is 5.32 Å². The fourth-order valence-electron chi connectivity index (χ4n) is 1.96. The third kappa shape index (κ3) is 6.45. The molecule has 0 spiro atoms. The molecule has 6 heteroatoms. The van der Waals surface area contributed by atoms with Crippen LogP contribution in [0.1, 0.15) is 24.2 Å². The number of ether oxygens (including phenoxy) is 1. The van der Waals surface area contributed by atoms with Crippen LogP contribution >= 0.6 is 11.6 Å². The minimum absolute atomic E-state index is 0.0399. The molecule has 1 rings (SSSR count). The van der Waals surface area contributed by atoms with Crippen LogP contribution in [-0.4, -0.2) is 50.1 Å². The molecule has 0 unspecified atom stereocenters. The maximum absolute atomic E-state index is 12.2. The Labute approximate surface area is 136 Å². The van der Waals surface area contributed by atoms with Gasteiger partial charge in [0.1, 0.15) is 0 Å². The van der Waals surface area contributed by atoms with Gasteiger partial charge in [0.25, 0.3) is 5.91 Å². The molecular weight excluding hydrogens is 304 g/mol. The van der Waals surface area contributed by atoms with Crippen molar-refractivity contribution in [1.82, 2.24) is 10.2 Å². The molecule has 0 aliphatic rings. The highest BCUT2D eigenvalue weighted by molar-refractivity contribution is 6.30. The normalized spacial score (nSPS) is 10.6. The van der Waals surface area contributed by atoms with Crippen LogP contribution in [-0.2, 0) is 9.53 Å². The van der Waals surface area contributed by atoms with E-state index in [9.17, 15) is 9.59 Å². The Morgan fingerprint density at radius 2 is 2.09 bits per heavy atom. The molecule has 1 N–H and O–H groups in total. The van der Waals surface area contributed by atoms with Crippen LogP contribution in [0.5, 0.6) is 0 Å². The van der Waals surface area contributed by atoms with Crippen LogP contribution in [0.25, 0.3) is 0 Å². The van der Waals surface area contributed by atoms with E-state index < -0.39 is 0 Å². The topological polar surface area (TPSA) is 58.6 Å². The first-order valence-corrected chi connectivity index (χ1v) is 7.62. The molecule has 2 amide bonds. The predicted molar refractivity (Wildman–Crippen MR) is 87.1 cm³/mol. The van der Waals surface area contributed by atoms with E-state index in [0.29, 0.717) is 36.2 Å². The number of amides is 2. The quantitative estimate of drug-likeness (QED) is 0.796. The molecular formula is C16H23ClN2O3. The number of nitrogens with one attached hydrogen (secondary N) is 1. The van der Waals surface area contributed by atoms with Gasteiger partial charge in [0.2, 0.25) is 5.91 Å². The molecule has 0 saturated heterocycles. The minimum atomic E-state index is -0.313. The highest BCUT2D eigenvalue weighted by Gasteiger charge is 2.16. The van der Waals surface area contributed by atoms with E-state index in [1.54, 1.807) is 36.3 Å². The van der Waals surface area contributed by atoms with Crippen molar-refractivity contribution in [1.29, 1.82) is 0 Å². The summed E-state index contributed by atoms with van der Waals surface area (Å²) in [5.41, 5.74) is 0.438. The second-order valence-electron chi connectivity index (χ2n) is 5.42. The number of carbonyl (C=O) groups is 2. The average molecular weight is 327 g/mol. The third-order valence-electron chi connectivity index (χ3n) is 2.99. The van der Waals surface area contributed by atoms with Crippen molar-refractivity contribution in [3.63, 3.8) is 0 Å². The van der Waals surface area contributed by atoms with E-state index in [1.807, 2.05) is 13.8 Å². The maximum Gasteiger partial charge on any atom is 0.251 e. The van der Waals surface area contributed by atoms with Gasteiger partial charge < -0.3 is 15.0 Å². The van der Waals surface area contributed by atoms with Gasteiger partial charge in [0, 0.05) is 30.8 Å². The number of halogens is 1. The summed E-state index contributed by atoms with van der Waals surface area (Å²) in [5.74, 6) is -0.0855. The molecule has 0 aromatic heterocycles. The number of rotatable bonds is 8. The van der Waals surface area contributed by atoms with Crippen molar-refractivity contribution in [2.24, 2.45) is 5.92 Å². The number of hydrogen-bond donors (Lipinski definition) is 1. The zero-order valence-electron chi connectivity index (χ0n) is 13.3. The first-order chi connectivity index (χ1) is 10.4. The summed E-state index contributed by atoms with van der Waals surface area (Å²) in [7, 11) is 1.60. The number of hydrogen-bond acceptors (Lipinski definition) is 3. The second kappa shape index (κ2) is 9.43. The van der Waals surface area contributed by atoms with Crippen molar-refractivity contribution in [3.05, 3.63) is 34.9 Å². The second-order valence-corrected chi connectivity index (χ2v) is 5.86. The lowest BCUT2D eigenvalue weighted by atomic mass is 10.2. The zero-order chi connectivity index (χ0) is 16.5. The van der Waals surface area contributed by atoms with Crippen LogP contribution in [0.15, 0.2) is 24.3 Å². The monoisotopic (exact) mass is 326 g/mol. The van der Waals surface area contributed by atoms with Gasteiger partial charge in [-0.1, -0.05) is 31.5 Å². The summed E-state index contributed by atoms with van der Waals surface area (Å²) in [6.07, 6.45) is 0. The largest absolute Gasteiger partial charge is 0.383 e. The van der Waals surface area contributed by atoms with Crippen LogP contribution in [0, 0.1) is 5.92 Å². The summed E-state index contributed by atoms with van der Waals surface area (Å²) >= 11 is 5.85. The first-order valence-electron chi connectivity index (χ1n) is 7.24. The van der Waals surface area contributed by atoms with Crippen molar-refractivity contribution in [2.45, 2.75) is 13.8 Å². The number of benzene rings is 1. The van der Waals surface area contributed by atoms with Gasteiger partial charge in [-0.25, -0.2) is 0 Å². The fraction of sp³-hybridized carbons (Fsp3) is 0.500. The SMILES string of the molecule is COCCN(CC(C)C)C(=O)CNC(=O)c1cccc(Cl)c1. The van der Waals surface area contributed by atoms with Crippen molar-refractivity contribution in [2.75, 3.05) is 33.4 Å². The molecule has 0 radical (unpaired) electrons. The Hall–Kier alpha value is -1.59. The standard InChI is InChI=1S/C16H23ClN2O3/c1-12(2)11-19(7-8-22-3)15(20)10-18-16(21)13-5-4-6-14(17)9-13/h4-6,9,12H,7-8,10-11H2,1-3H3,(H,18,21).